The van der Waals surface area contributed by atoms with Crippen molar-refractivity contribution in [3.63, 3.8) is 0 Å². The molecule has 7 heteroatoms. The van der Waals surface area contributed by atoms with Crippen molar-refractivity contribution in [3.8, 4) is 5.75 Å². The molecule has 2 aromatic rings. The van der Waals surface area contributed by atoms with Gasteiger partial charge >= 0.3 is 5.97 Å². The molecule has 0 saturated heterocycles. The van der Waals surface area contributed by atoms with Crippen LogP contribution in [-0.2, 0) is 14.3 Å². The first-order chi connectivity index (χ1) is 12.0. The van der Waals surface area contributed by atoms with Crippen LogP contribution in [0, 0.1) is 5.82 Å². The van der Waals surface area contributed by atoms with Crippen molar-refractivity contribution in [3.05, 3.63) is 64.9 Å². The molecule has 0 aromatic heterocycles. The third-order valence-electron chi connectivity index (χ3n) is 3.04. The molecule has 2 rings (SSSR count). The number of rotatable bonds is 6. The summed E-state index contributed by atoms with van der Waals surface area (Å²) in [6.45, 7) is -0.452. The van der Waals surface area contributed by atoms with E-state index >= 15 is 0 Å². The van der Waals surface area contributed by atoms with Gasteiger partial charge in [0.15, 0.2) is 18.2 Å². The molecule has 2 aromatic carbocycles. The fourth-order valence-corrected chi connectivity index (χ4v) is 2.09. The minimum absolute atomic E-state index is 0.109. The summed E-state index contributed by atoms with van der Waals surface area (Å²) in [7, 11) is 1.36. The van der Waals surface area contributed by atoms with Crippen molar-refractivity contribution < 1.29 is 23.5 Å². The lowest BCUT2D eigenvalue weighted by atomic mass is 10.2. The van der Waals surface area contributed by atoms with Gasteiger partial charge in [0, 0.05) is 16.8 Å². The monoisotopic (exact) mass is 363 g/mol. The van der Waals surface area contributed by atoms with Crippen molar-refractivity contribution in [2.24, 2.45) is 0 Å². The second kappa shape index (κ2) is 8.84. The van der Waals surface area contributed by atoms with Crippen LogP contribution in [0.1, 0.15) is 5.56 Å². The number of anilines is 1. The summed E-state index contributed by atoms with van der Waals surface area (Å²) in [4.78, 5) is 23.3. The number of amides is 1. The average molecular weight is 364 g/mol. The number of hydrogen-bond acceptors (Lipinski definition) is 4. The molecule has 0 spiro atoms. The van der Waals surface area contributed by atoms with Crippen LogP contribution in [-0.4, -0.2) is 25.6 Å². The zero-order valence-electron chi connectivity index (χ0n) is 13.3. The van der Waals surface area contributed by atoms with Gasteiger partial charge in [-0.2, -0.15) is 0 Å². The highest BCUT2D eigenvalue weighted by atomic mass is 35.5. The Hall–Kier alpha value is -2.86. The summed E-state index contributed by atoms with van der Waals surface area (Å²) in [5.41, 5.74) is 0.955. The first-order valence-corrected chi connectivity index (χ1v) is 7.59. The Kier molecular flexibility index (Phi) is 6.54. The van der Waals surface area contributed by atoms with Crippen molar-refractivity contribution in [2.45, 2.75) is 0 Å². The number of ether oxygens (including phenoxy) is 2. The number of carbonyl (C=O) groups is 2. The van der Waals surface area contributed by atoms with Crippen LogP contribution in [0.4, 0.5) is 10.1 Å². The maximum Gasteiger partial charge on any atom is 0.331 e. The van der Waals surface area contributed by atoms with Crippen LogP contribution in [0.2, 0.25) is 5.02 Å². The molecule has 0 fully saturated rings. The first-order valence-electron chi connectivity index (χ1n) is 7.22. The van der Waals surface area contributed by atoms with Crippen molar-refractivity contribution in [2.75, 3.05) is 19.0 Å². The van der Waals surface area contributed by atoms with Crippen LogP contribution >= 0.6 is 11.6 Å². The molecule has 0 radical (unpaired) electrons. The Morgan fingerprint density at radius 2 is 2.04 bits per heavy atom. The van der Waals surface area contributed by atoms with E-state index in [4.69, 9.17) is 21.1 Å². The Labute approximate surface area is 149 Å². The van der Waals surface area contributed by atoms with E-state index in [1.165, 1.54) is 25.3 Å². The first kappa shape index (κ1) is 18.5. The standard InChI is InChI=1S/C18H15ClFNO4/c1-24-16-7-5-12(9-15(16)20)6-8-18(23)25-11-17(22)21-14-4-2-3-13(19)10-14/h2-10H,11H2,1H3,(H,21,22)/b8-6+. The third kappa shape index (κ3) is 5.93. The highest BCUT2D eigenvalue weighted by Gasteiger charge is 2.06. The second-order valence-electron chi connectivity index (χ2n) is 4.89. The molecule has 0 unspecified atom stereocenters. The second-order valence-corrected chi connectivity index (χ2v) is 5.33. The van der Waals surface area contributed by atoms with Gasteiger partial charge in [0.2, 0.25) is 0 Å². The topological polar surface area (TPSA) is 64.6 Å². The van der Waals surface area contributed by atoms with Gasteiger partial charge in [-0.15, -0.1) is 0 Å². The van der Waals surface area contributed by atoms with E-state index < -0.39 is 24.3 Å². The lowest BCUT2D eigenvalue weighted by Crippen LogP contribution is -2.20. The fraction of sp³-hybridized carbons (Fsp3) is 0.111. The molecule has 0 saturated carbocycles. The quantitative estimate of drug-likeness (QED) is 0.628. The van der Waals surface area contributed by atoms with Crippen molar-refractivity contribution in [1.82, 2.24) is 0 Å². The highest BCUT2D eigenvalue weighted by molar-refractivity contribution is 6.30. The Balaban J connectivity index is 1.83. The van der Waals surface area contributed by atoms with E-state index in [-0.39, 0.29) is 5.75 Å². The Morgan fingerprint density at radius 1 is 1.24 bits per heavy atom. The number of nitrogens with one attached hydrogen (secondary N) is 1. The molecule has 0 atom stereocenters. The molecule has 1 amide bonds. The predicted molar refractivity (Wildman–Crippen MR) is 93.0 cm³/mol. The predicted octanol–water partition coefficient (Wildman–Crippen LogP) is 3.68. The maximum atomic E-state index is 13.5. The molecule has 0 aliphatic heterocycles. The number of hydrogen-bond donors (Lipinski definition) is 1. The van der Waals surface area contributed by atoms with Crippen LogP contribution in [0.5, 0.6) is 5.75 Å². The number of carbonyl (C=O) groups excluding carboxylic acids is 2. The van der Waals surface area contributed by atoms with Crippen molar-refractivity contribution >= 4 is 35.2 Å². The molecule has 130 valence electrons. The van der Waals surface area contributed by atoms with Gasteiger partial charge in [-0.1, -0.05) is 23.7 Å². The van der Waals surface area contributed by atoms with Gasteiger partial charge in [-0.05, 0) is 42.0 Å². The molecule has 0 aliphatic carbocycles. The average Bonchev–Trinajstić information content (AvgIpc) is 2.58. The summed E-state index contributed by atoms with van der Waals surface area (Å²) >= 11 is 5.81. The number of benzene rings is 2. The number of halogens is 2. The molecule has 0 heterocycles. The Bertz CT molecular complexity index is 807. The van der Waals surface area contributed by atoms with Gasteiger partial charge < -0.3 is 14.8 Å². The molecule has 25 heavy (non-hydrogen) atoms. The number of methoxy groups -OCH3 is 1. The van der Waals surface area contributed by atoms with Crippen LogP contribution < -0.4 is 10.1 Å². The van der Waals surface area contributed by atoms with E-state index in [2.05, 4.69) is 5.32 Å². The van der Waals surface area contributed by atoms with Gasteiger partial charge in [0.1, 0.15) is 0 Å². The zero-order chi connectivity index (χ0) is 18.2. The summed E-state index contributed by atoms with van der Waals surface area (Å²) in [6, 6.07) is 10.8. The molecule has 0 aliphatic rings. The van der Waals surface area contributed by atoms with Crippen molar-refractivity contribution in [1.29, 1.82) is 0 Å². The van der Waals surface area contributed by atoms with Gasteiger partial charge in [0.05, 0.1) is 7.11 Å². The minimum Gasteiger partial charge on any atom is -0.494 e. The summed E-state index contributed by atoms with van der Waals surface area (Å²) in [5.74, 6) is -1.66. The molecular formula is C18H15ClFNO4. The van der Waals surface area contributed by atoms with Gasteiger partial charge in [0.25, 0.3) is 5.91 Å². The van der Waals surface area contributed by atoms with Crippen LogP contribution in [0.15, 0.2) is 48.5 Å². The number of esters is 1. The molecular weight excluding hydrogens is 349 g/mol. The summed E-state index contributed by atoms with van der Waals surface area (Å²) in [6.07, 6.45) is 2.48. The summed E-state index contributed by atoms with van der Waals surface area (Å²) < 4.78 is 23.1. The molecule has 0 bridgehead atoms. The highest BCUT2D eigenvalue weighted by Crippen LogP contribution is 2.18. The lowest BCUT2D eigenvalue weighted by molar-refractivity contribution is -0.142. The van der Waals surface area contributed by atoms with E-state index in [9.17, 15) is 14.0 Å². The Morgan fingerprint density at radius 3 is 2.72 bits per heavy atom. The SMILES string of the molecule is COc1ccc(/C=C/C(=O)OCC(=O)Nc2cccc(Cl)c2)cc1F. The van der Waals surface area contributed by atoms with E-state index in [1.807, 2.05) is 0 Å². The minimum atomic E-state index is -0.725. The van der Waals surface area contributed by atoms with Crippen LogP contribution in [0.3, 0.4) is 0 Å². The van der Waals surface area contributed by atoms with Gasteiger partial charge in [-0.3, -0.25) is 4.79 Å². The van der Waals surface area contributed by atoms with E-state index in [0.29, 0.717) is 16.3 Å². The fourth-order valence-electron chi connectivity index (χ4n) is 1.90. The lowest BCUT2D eigenvalue weighted by Gasteiger charge is -2.05. The smallest absolute Gasteiger partial charge is 0.331 e. The largest absolute Gasteiger partial charge is 0.494 e. The maximum absolute atomic E-state index is 13.5. The van der Waals surface area contributed by atoms with Crippen LogP contribution in [0.25, 0.3) is 6.08 Å². The molecule has 1 N–H and O–H groups in total. The normalized spacial score (nSPS) is 10.5. The third-order valence-corrected chi connectivity index (χ3v) is 3.28. The summed E-state index contributed by atoms with van der Waals surface area (Å²) in [5, 5.41) is 3.02. The van der Waals surface area contributed by atoms with Gasteiger partial charge in [-0.25, -0.2) is 9.18 Å². The van der Waals surface area contributed by atoms with E-state index in [1.54, 1.807) is 30.3 Å². The zero-order valence-corrected chi connectivity index (χ0v) is 14.0. The van der Waals surface area contributed by atoms with E-state index in [0.717, 1.165) is 6.08 Å². The molecule has 5 nitrogen and oxygen atoms in total.